The van der Waals surface area contributed by atoms with Gasteiger partial charge in [-0.2, -0.15) is 13.2 Å². The van der Waals surface area contributed by atoms with Crippen LogP contribution in [0.1, 0.15) is 18.1 Å². The molecule has 0 radical (unpaired) electrons. The van der Waals surface area contributed by atoms with Gasteiger partial charge in [-0.25, -0.2) is 0 Å². The zero-order chi connectivity index (χ0) is 15.3. The highest BCUT2D eigenvalue weighted by Crippen LogP contribution is 2.35. The molecule has 0 heterocycles. The van der Waals surface area contributed by atoms with E-state index >= 15 is 0 Å². The molecule has 1 unspecified atom stereocenters. The number of benzene rings is 2. The standard InChI is InChI=1S/C17H12BrF3/c1-16(9-11-4-2-7-15(18)14(11)10-16)12-5-3-6-13(8-12)17(19,20)21/h2-10H,1H3. The fourth-order valence-corrected chi connectivity index (χ4v) is 3.19. The van der Waals surface area contributed by atoms with Gasteiger partial charge in [-0.3, -0.25) is 0 Å². The molecular formula is C17H12BrF3. The van der Waals surface area contributed by atoms with Crippen molar-refractivity contribution in [2.24, 2.45) is 0 Å². The quantitative estimate of drug-likeness (QED) is 0.727. The Morgan fingerprint density at radius 1 is 1.00 bits per heavy atom. The lowest BCUT2D eigenvalue weighted by atomic mass is 9.83. The van der Waals surface area contributed by atoms with Crippen LogP contribution in [0.15, 0.2) is 46.9 Å². The lowest BCUT2D eigenvalue weighted by Gasteiger charge is -2.21. The van der Waals surface area contributed by atoms with Crippen molar-refractivity contribution in [3.63, 3.8) is 0 Å². The molecule has 0 bridgehead atoms. The van der Waals surface area contributed by atoms with Crippen molar-refractivity contribution in [3.05, 3.63) is 68.5 Å². The number of hydrogen-bond acceptors (Lipinski definition) is 0. The van der Waals surface area contributed by atoms with E-state index in [4.69, 9.17) is 0 Å². The first-order chi connectivity index (χ1) is 9.79. The predicted molar refractivity (Wildman–Crippen MR) is 81.1 cm³/mol. The Bertz CT molecular complexity index is 821. The summed E-state index contributed by atoms with van der Waals surface area (Å²) in [7, 11) is 0. The molecule has 2 aromatic carbocycles. The lowest BCUT2D eigenvalue weighted by Crippen LogP contribution is -2.21. The van der Waals surface area contributed by atoms with Crippen LogP contribution >= 0.6 is 15.9 Å². The van der Waals surface area contributed by atoms with E-state index in [0.29, 0.717) is 5.56 Å². The van der Waals surface area contributed by atoms with Crippen molar-refractivity contribution < 1.29 is 13.2 Å². The van der Waals surface area contributed by atoms with Gasteiger partial charge in [0, 0.05) is 9.89 Å². The molecular weight excluding hydrogens is 341 g/mol. The molecule has 0 aromatic heterocycles. The normalized spacial score (nSPS) is 20.6. The molecule has 0 spiro atoms. The van der Waals surface area contributed by atoms with Gasteiger partial charge in [-0.1, -0.05) is 58.4 Å². The minimum Gasteiger partial charge on any atom is -0.166 e. The van der Waals surface area contributed by atoms with E-state index in [-0.39, 0.29) is 0 Å². The first kappa shape index (κ1) is 14.4. The molecule has 3 rings (SSSR count). The smallest absolute Gasteiger partial charge is 0.166 e. The Hall–Kier alpha value is -1.55. The van der Waals surface area contributed by atoms with Gasteiger partial charge in [0.15, 0.2) is 0 Å². The Balaban J connectivity index is 2.16. The zero-order valence-electron chi connectivity index (χ0n) is 11.2. The van der Waals surface area contributed by atoms with Gasteiger partial charge >= 0.3 is 6.18 Å². The molecule has 108 valence electrons. The minimum atomic E-state index is -4.32. The average molecular weight is 353 g/mol. The molecule has 1 aliphatic carbocycles. The van der Waals surface area contributed by atoms with E-state index in [1.165, 1.54) is 12.1 Å². The zero-order valence-corrected chi connectivity index (χ0v) is 12.8. The number of rotatable bonds is 1. The van der Waals surface area contributed by atoms with Crippen LogP contribution < -0.4 is 10.4 Å². The monoisotopic (exact) mass is 352 g/mol. The van der Waals surface area contributed by atoms with E-state index in [1.54, 1.807) is 6.07 Å². The van der Waals surface area contributed by atoms with Crippen molar-refractivity contribution in [1.29, 1.82) is 0 Å². The number of halogens is 4. The predicted octanol–water partition coefficient (Wildman–Crippen LogP) is 4.00. The first-order valence-electron chi connectivity index (χ1n) is 6.48. The van der Waals surface area contributed by atoms with Crippen molar-refractivity contribution in [3.8, 4) is 0 Å². The van der Waals surface area contributed by atoms with Gasteiger partial charge in [0.1, 0.15) is 0 Å². The molecule has 0 fully saturated rings. The highest BCUT2D eigenvalue weighted by molar-refractivity contribution is 9.10. The summed E-state index contributed by atoms with van der Waals surface area (Å²) in [5.41, 5.74) is -0.508. The third kappa shape index (κ3) is 2.53. The van der Waals surface area contributed by atoms with E-state index < -0.39 is 17.2 Å². The summed E-state index contributed by atoms with van der Waals surface area (Å²) < 4.78 is 39.6. The minimum absolute atomic E-state index is 0.534. The highest BCUT2D eigenvalue weighted by atomic mass is 79.9. The summed E-state index contributed by atoms with van der Waals surface area (Å²) >= 11 is 3.49. The fraction of sp³-hybridized carbons (Fsp3) is 0.176. The second-order valence-electron chi connectivity index (χ2n) is 5.39. The summed E-state index contributed by atoms with van der Waals surface area (Å²) in [5, 5.41) is 2.06. The van der Waals surface area contributed by atoms with Crippen LogP contribution in [-0.4, -0.2) is 0 Å². The van der Waals surface area contributed by atoms with E-state index in [2.05, 4.69) is 15.9 Å². The lowest BCUT2D eigenvalue weighted by molar-refractivity contribution is -0.137. The van der Waals surface area contributed by atoms with E-state index in [9.17, 15) is 13.2 Å². The Kier molecular flexibility index (Phi) is 3.24. The van der Waals surface area contributed by atoms with Crippen LogP contribution in [0.2, 0.25) is 0 Å². The first-order valence-corrected chi connectivity index (χ1v) is 7.27. The molecule has 0 N–H and O–H groups in total. The van der Waals surface area contributed by atoms with Crippen LogP contribution in [-0.2, 0) is 11.6 Å². The molecule has 1 aliphatic rings. The maximum absolute atomic E-state index is 12.9. The number of alkyl halides is 3. The fourth-order valence-electron chi connectivity index (χ4n) is 2.69. The Morgan fingerprint density at radius 2 is 1.71 bits per heavy atom. The van der Waals surface area contributed by atoms with Crippen molar-refractivity contribution in [2.75, 3.05) is 0 Å². The molecule has 1 atom stereocenters. The number of hydrogen-bond donors (Lipinski definition) is 0. The summed E-state index contributed by atoms with van der Waals surface area (Å²) in [5.74, 6) is 0. The van der Waals surface area contributed by atoms with Crippen molar-refractivity contribution >= 4 is 28.1 Å². The number of fused-ring (bicyclic) bond motifs is 1. The van der Waals surface area contributed by atoms with Crippen LogP contribution in [0.5, 0.6) is 0 Å². The Morgan fingerprint density at radius 3 is 2.38 bits per heavy atom. The SMILES string of the molecule is CC1(c2cccc(C(F)(F)F)c2)C=c2cccc(Br)c2=C1. The van der Waals surface area contributed by atoms with Gasteiger partial charge in [0.2, 0.25) is 0 Å². The average Bonchev–Trinajstić information content (AvgIpc) is 2.78. The van der Waals surface area contributed by atoms with Gasteiger partial charge < -0.3 is 0 Å². The van der Waals surface area contributed by atoms with E-state index in [1.807, 2.05) is 37.3 Å². The largest absolute Gasteiger partial charge is 0.416 e. The van der Waals surface area contributed by atoms with Gasteiger partial charge in [-0.05, 0) is 35.1 Å². The maximum Gasteiger partial charge on any atom is 0.416 e. The van der Waals surface area contributed by atoms with E-state index in [0.717, 1.165) is 21.0 Å². The molecule has 21 heavy (non-hydrogen) atoms. The molecule has 4 heteroatoms. The van der Waals surface area contributed by atoms with Crippen LogP contribution in [0.3, 0.4) is 0 Å². The molecule has 0 nitrogen and oxygen atoms in total. The van der Waals surface area contributed by atoms with Crippen LogP contribution in [0, 0.1) is 0 Å². The summed E-state index contributed by atoms with van der Waals surface area (Å²) in [6.07, 6.45) is -0.317. The Labute approximate surface area is 128 Å². The third-order valence-corrected chi connectivity index (χ3v) is 4.49. The van der Waals surface area contributed by atoms with Gasteiger partial charge in [-0.15, -0.1) is 0 Å². The summed E-state index contributed by atoms with van der Waals surface area (Å²) in [6, 6.07) is 11.4. The second kappa shape index (κ2) is 4.73. The van der Waals surface area contributed by atoms with Crippen molar-refractivity contribution in [2.45, 2.75) is 18.5 Å². The highest BCUT2D eigenvalue weighted by Gasteiger charge is 2.33. The molecule has 0 aliphatic heterocycles. The summed E-state index contributed by atoms with van der Waals surface area (Å²) in [6.45, 7) is 1.93. The molecule has 0 amide bonds. The summed E-state index contributed by atoms with van der Waals surface area (Å²) in [4.78, 5) is 0. The van der Waals surface area contributed by atoms with Crippen LogP contribution in [0.25, 0.3) is 12.2 Å². The van der Waals surface area contributed by atoms with Crippen LogP contribution in [0.4, 0.5) is 13.2 Å². The van der Waals surface area contributed by atoms with Gasteiger partial charge in [0.05, 0.1) is 5.56 Å². The second-order valence-corrected chi connectivity index (χ2v) is 6.25. The maximum atomic E-state index is 12.9. The molecule has 2 aromatic rings. The topological polar surface area (TPSA) is 0 Å². The third-order valence-electron chi connectivity index (χ3n) is 3.80. The van der Waals surface area contributed by atoms with Gasteiger partial charge in [0.25, 0.3) is 0 Å². The van der Waals surface area contributed by atoms with Crippen molar-refractivity contribution in [1.82, 2.24) is 0 Å². The molecule has 0 saturated heterocycles. The molecule has 0 saturated carbocycles.